The molecule has 2 amide bonds. The normalized spacial score (nSPS) is 26.9. The van der Waals surface area contributed by atoms with Crippen LogP contribution in [0.4, 0.5) is 5.69 Å². The minimum atomic E-state index is -1.72. The molecule has 2 atom stereocenters. The van der Waals surface area contributed by atoms with Crippen molar-refractivity contribution in [1.82, 2.24) is 4.90 Å². The first-order valence-electron chi connectivity index (χ1n) is 10.3. The third kappa shape index (κ3) is 2.59. The van der Waals surface area contributed by atoms with E-state index in [0.29, 0.717) is 23.4 Å². The average Bonchev–Trinajstić information content (AvgIpc) is 3.45. The summed E-state index contributed by atoms with van der Waals surface area (Å²) in [6.07, 6.45) is 1.33. The van der Waals surface area contributed by atoms with E-state index in [1.165, 1.54) is 9.80 Å². The van der Waals surface area contributed by atoms with Crippen LogP contribution < -0.4 is 4.90 Å². The highest BCUT2D eigenvalue weighted by atomic mass is 16.5. The summed E-state index contributed by atoms with van der Waals surface area (Å²) in [4.78, 5) is 43.1. The highest BCUT2D eigenvalue weighted by Gasteiger charge is 2.66. The van der Waals surface area contributed by atoms with Gasteiger partial charge in [0.1, 0.15) is 5.76 Å². The molecule has 1 spiro atoms. The van der Waals surface area contributed by atoms with E-state index < -0.39 is 23.1 Å². The molecule has 31 heavy (non-hydrogen) atoms. The van der Waals surface area contributed by atoms with Gasteiger partial charge in [0.05, 0.1) is 11.7 Å². The molecule has 2 aromatic rings. The molecule has 0 saturated carbocycles. The number of hydrogen-bond acceptors (Lipinski definition) is 5. The van der Waals surface area contributed by atoms with E-state index in [-0.39, 0.29) is 24.0 Å². The monoisotopic (exact) mass is 418 g/mol. The number of likely N-dealkylation sites (tertiary alicyclic amines) is 1. The molecule has 3 aliphatic heterocycles. The van der Waals surface area contributed by atoms with Gasteiger partial charge in [-0.15, -0.1) is 0 Å². The standard InChI is InChI=1S/C24H22N2O5/c1-25-18-12-6-5-11-17(18)24(23(25)30)19(20(27)15-8-3-2-4-9-15)21(28)22(29)26(24)14-16-10-7-13-31-16/h2-6,8-9,11-12,16,27H,7,10,13-14H2,1H3/b20-19-. The van der Waals surface area contributed by atoms with E-state index in [4.69, 9.17) is 4.74 Å². The van der Waals surface area contributed by atoms with Gasteiger partial charge in [0, 0.05) is 37.0 Å². The molecule has 2 saturated heterocycles. The van der Waals surface area contributed by atoms with Crippen molar-refractivity contribution < 1.29 is 24.2 Å². The number of hydrogen-bond donors (Lipinski definition) is 1. The summed E-state index contributed by atoms with van der Waals surface area (Å²) < 4.78 is 5.72. The molecular formula is C24H22N2O5. The van der Waals surface area contributed by atoms with Crippen LogP contribution in [0.2, 0.25) is 0 Å². The molecule has 0 radical (unpaired) electrons. The molecule has 0 aromatic heterocycles. The molecule has 7 nitrogen and oxygen atoms in total. The number of carbonyl (C=O) groups is 3. The van der Waals surface area contributed by atoms with Gasteiger partial charge < -0.3 is 19.6 Å². The molecular weight excluding hydrogens is 396 g/mol. The minimum absolute atomic E-state index is 0.101. The van der Waals surface area contributed by atoms with Gasteiger partial charge in [-0.25, -0.2) is 0 Å². The third-order valence-corrected chi connectivity index (χ3v) is 6.40. The number of carbonyl (C=O) groups excluding carboxylic acids is 3. The van der Waals surface area contributed by atoms with Gasteiger partial charge in [-0.3, -0.25) is 14.4 Å². The lowest BCUT2D eigenvalue weighted by molar-refractivity contribution is -0.145. The number of aliphatic hydroxyl groups is 1. The average molecular weight is 418 g/mol. The van der Waals surface area contributed by atoms with Crippen LogP contribution in [-0.4, -0.2) is 53.9 Å². The molecule has 2 unspecified atom stereocenters. The number of para-hydroxylation sites is 1. The number of nitrogens with zero attached hydrogens (tertiary/aromatic N) is 2. The van der Waals surface area contributed by atoms with E-state index in [0.717, 1.165) is 12.8 Å². The van der Waals surface area contributed by atoms with Crippen molar-refractivity contribution in [2.45, 2.75) is 24.5 Å². The number of benzene rings is 2. The lowest BCUT2D eigenvalue weighted by Crippen LogP contribution is -2.53. The van der Waals surface area contributed by atoms with E-state index in [9.17, 15) is 19.5 Å². The van der Waals surface area contributed by atoms with Crippen molar-refractivity contribution in [3.63, 3.8) is 0 Å². The first-order valence-corrected chi connectivity index (χ1v) is 10.3. The molecule has 0 bridgehead atoms. The Hall–Kier alpha value is -3.45. The summed E-state index contributed by atoms with van der Waals surface area (Å²) in [6.45, 7) is 0.681. The van der Waals surface area contributed by atoms with Gasteiger partial charge >= 0.3 is 0 Å². The molecule has 0 aliphatic carbocycles. The fourth-order valence-electron chi connectivity index (χ4n) is 4.95. The fraction of sp³-hybridized carbons (Fsp3) is 0.292. The zero-order chi connectivity index (χ0) is 21.8. The van der Waals surface area contributed by atoms with Crippen molar-refractivity contribution in [3.8, 4) is 0 Å². The number of ketones is 1. The number of anilines is 1. The van der Waals surface area contributed by atoms with Crippen LogP contribution in [0.15, 0.2) is 60.2 Å². The Kier molecular flexibility index (Phi) is 4.44. The van der Waals surface area contributed by atoms with E-state index in [2.05, 4.69) is 0 Å². The van der Waals surface area contributed by atoms with Crippen molar-refractivity contribution >= 4 is 29.0 Å². The highest BCUT2D eigenvalue weighted by molar-refractivity contribution is 6.50. The molecule has 5 rings (SSSR count). The van der Waals surface area contributed by atoms with Gasteiger partial charge in [-0.2, -0.15) is 0 Å². The maximum atomic E-state index is 13.8. The number of fused-ring (bicyclic) bond motifs is 2. The van der Waals surface area contributed by atoms with E-state index in [1.54, 1.807) is 61.6 Å². The zero-order valence-corrected chi connectivity index (χ0v) is 17.1. The van der Waals surface area contributed by atoms with Gasteiger partial charge in [-0.1, -0.05) is 48.5 Å². The number of aliphatic hydroxyl groups excluding tert-OH is 1. The van der Waals surface area contributed by atoms with Crippen LogP contribution in [0.25, 0.3) is 5.76 Å². The van der Waals surface area contributed by atoms with E-state index in [1.807, 2.05) is 0 Å². The first-order chi connectivity index (χ1) is 15.0. The first kappa shape index (κ1) is 19.5. The van der Waals surface area contributed by atoms with Gasteiger partial charge in [0.25, 0.3) is 17.6 Å². The summed E-state index contributed by atoms with van der Waals surface area (Å²) in [5.41, 5.74) is -0.422. The Morgan fingerprint density at radius 3 is 2.52 bits per heavy atom. The van der Waals surface area contributed by atoms with Crippen molar-refractivity contribution in [2.24, 2.45) is 0 Å². The topological polar surface area (TPSA) is 87.2 Å². The summed E-state index contributed by atoms with van der Waals surface area (Å²) in [7, 11) is 1.62. The van der Waals surface area contributed by atoms with Crippen LogP contribution >= 0.6 is 0 Å². The van der Waals surface area contributed by atoms with Gasteiger partial charge in [0.2, 0.25) is 0 Å². The van der Waals surface area contributed by atoms with Crippen molar-refractivity contribution in [1.29, 1.82) is 0 Å². The van der Waals surface area contributed by atoms with Crippen LogP contribution in [-0.2, 0) is 24.7 Å². The predicted octanol–water partition coefficient (Wildman–Crippen LogP) is 2.42. The number of likely N-dealkylation sites (N-methyl/N-ethyl adjacent to an activating group) is 1. The summed E-state index contributed by atoms with van der Waals surface area (Å²) in [5, 5.41) is 11.2. The SMILES string of the molecule is CN1C(=O)C2(/C(=C(\O)c3ccccc3)C(=O)C(=O)N2CC2CCCO2)c2ccccc21. The summed E-state index contributed by atoms with van der Waals surface area (Å²) >= 11 is 0. The summed E-state index contributed by atoms with van der Waals surface area (Å²) in [5.74, 6) is -2.46. The number of rotatable bonds is 3. The quantitative estimate of drug-likeness (QED) is 0.470. The number of ether oxygens (including phenoxy) is 1. The second kappa shape index (κ2) is 7.06. The maximum absolute atomic E-state index is 13.8. The Balaban J connectivity index is 1.80. The lowest BCUT2D eigenvalue weighted by Gasteiger charge is -2.35. The lowest BCUT2D eigenvalue weighted by atomic mass is 9.81. The van der Waals surface area contributed by atoms with E-state index >= 15 is 0 Å². The Labute approximate surface area is 179 Å². The summed E-state index contributed by atoms with van der Waals surface area (Å²) in [6, 6.07) is 15.6. The molecule has 7 heteroatoms. The largest absolute Gasteiger partial charge is 0.507 e. The molecule has 3 aliphatic rings. The Bertz CT molecular complexity index is 1120. The highest BCUT2D eigenvalue weighted by Crippen LogP contribution is 2.53. The van der Waals surface area contributed by atoms with Crippen molar-refractivity contribution in [3.05, 3.63) is 71.3 Å². The van der Waals surface area contributed by atoms with Crippen LogP contribution in [0.5, 0.6) is 0 Å². The van der Waals surface area contributed by atoms with Crippen LogP contribution in [0, 0.1) is 0 Å². The smallest absolute Gasteiger partial charge is 0.296 e. The van der Waals surface area contributed by atoms with Gasteiger partial charge in [0.15, 0.2) is 5.54 Å². The second-order valence-corrected chi connectivity index (χ2v) is 8.06. The number of amides is 2. The van der Waals surface area contributed by atoms with Gasteiger partial charge in [-0.05, 0) is 18.9 Å². The molecule has 3 heterocycles. The Morgan fingerprint density at radius 2 is 1.81 bits per heavy atom. The predicted molar refractivity (Wildman–Crippen MR) is 113 cm³/mol. The van der Waals surface area contributed by atoms with Crippen molar-refractivity contribution in [2.75, 3.05) is 25.1 Å². The fourth-order valence-corrected chi connectivity index (χ4v) is 4.95. The molecule has 1 N–H and O–H groups in total. The van der Waals surface area contributed by atoms with Crippen LogP contribution in [0.1, 0.15) is 24.0 Å². The third-order valence-electron chi connectivity index (χ3n) is 6.40. The molecule has 158 valence electrons. The molecule has 2 fully saturated rings. The number of Topliss-reactive ketones (excluding diaryl/α,β-unsaturated/α-hetero) is 1. The second-order valence-electron chi connectivity index (χ2n) is 8.06. The van der Waals surface area contributed by atoms with Crippen LogP contribution in [0.3, 0.4) is 0 Å². The Morgan fingerprint density at radius 1 is 1.10 bits per heavy atom. The maximum Gasteiger partial charge on any atom is 0.296 e. The molecule has 2 aromatic carbocycles. The zero-order valence-electron chi connectivity index (χ0n) is 17.1. The minimum Gasteiger partial charge on any atom is -0.507 e.